The zero-order valence-electron chi connectivity index (χ0n) is 15.4. The first-order valence-electron chi connectivity index (χ1n) is 9.02. The first kappa shape index (κ1) is 16.9. The van der Waals surface area contributed by atoms with Gasteiger partial charge in [-0.3, -0.25) is 4.98 Å². The van der Waals surface area contributed by atoms with Crippen LogP contribution in [-0.4, -0.2) is 48.3 Å². The molecule has 1 fully saturated rings. The fourth-order valence-corrected chi connectivity index (χ4v) is 3.42. The third kappa shape index (κ3) is 3.26. The minimum absolute atomic E-state index is 0.351. The van der Waals surface area contributed by atoms with Crippen LogP contribution in [0.15, 0.2) is 30.9 Å². The summed E-state index contributed by atoms with van der Waals surface area (Å²) in [5.41, 5.74) is 3.21. The number of aliphatic hydroxyl groups is 1. The van der Waals surface area contributed by atoms with Crippen molar-refractivity contribution in [3.8, 4) is 0 Å². The van der Waals surface area contributed by atoms with Crippen molar-refractivity contribution in [1.29, 1.82) is 0 Å². The maximum absolute atomic E-state index is 10.2. The van der Waals surface area contributed by atoms with E-state index < -0.39 is 5.60 Å². The van der Waals surface area contributed by atoms with Crippen molar-refractivity contribution in [3.05, 3.63) is 42.2 Å². The van der Waals surface area contributed by atoms with Gasteiger partial charge >= 0.3 is 0 Å². The molecule has 1 saturated heterocycles. The zero-order chi connectivity index (χ0) is 18.3. The van der Waals surface area contributed by atoms with Gasteiger partial charge in [0.2, 0.25) is 5.95 Å². The Morgan fingerprint density at radius 3 is 2.81 bits per heavy atom. The minimum Gasteiger partial charge on any atom is -0.388 e. The normalized spacial score (nSPS) is 20.4. The molecule has 0 spiro atoms. The van der Waals surface area contributed by atoms with E-state index in [1.165, 1.54) is 0 Å². The number of fused-ring (bicyclic) bond motifs is 1. The number of nitrogens with zero attached hydrogens (tertiary/aromatic N) is 6. The van der Waals surface area contributed by atoms with E-state index in [1.807, 2.05) is 30.4 Å². The largest absolute Gasteiger partial charge is 0.388 e. The standard InChI is InChI=1S/C19H24N6O/c1-13(2)25-12-22-16-10-21-15(9-17(16)25)8-14-4-6-20-18(23-14)24-7-5-19(3,26)11-24/h4,6,9-10,12-13,26H,5,7-8,11H2,1-3H3. The average Bonchev–Trinajstić information content (AvgIpc) is 3.18. The molecule has 1 atom stereocenters. The molecule has 1 unspecified atom stereocenters. The maximum Gasteiger partial charge on any atom is 0.225 e. The predicted molar refractivity (Wildman–Crippen MR) is 100 cm³/mol. The Bertz CT molecular complexity index is 933. The Kier molecular flexibility index (Phi) is 4.11. The minimum atomic E-state index is -0.665. The third-order valence-electron chi connectivity index (χ3n) is 4.87. The lowest BCUT2D eigenvalue weighted by molar-refractivity contribution is 0.0838. The number of pyridine rings is 1. The summed E-state index contributed by atoms with van der Waals surface area (Å²) in [6, 6.07) is 4.36. The molecule has 0 bridgehead atoms. The Morgan fingerprint density at radius 1 is 1.23 bits per heavy atom. The van der Waals surface area contributed by atoms with Gasteiger partial charge in [0.15, 0.2) is 0 Å². The fraction of sp³-hybridized carbons (Fsp3) is 0.474. The molecule has 7 nitrogen and oxygen atoms in total. The highest BCUT2D eigenvalue weighted by Crippen LogP contribution is 2.24. The smallest absolute Gasteiger partial charge is 0.225 e. The maximum atomic E-state index is 10.2. The van der Waals surface area contributed by atoms with Crippen LogP contribution in [0.25, 0.3) is 11.0 Å². The summed E-state index contributed by atoms with van der Waals surface area (Å²) in [4.78, 5) is 20.0. The van der Waals surface area contributed by atoms with Crippen LogP contribution in [0.5, 0.6) is 0 Å². The number of aromatic nitrogens is 5. The molecular weight excluding hydrogens is 328 g/mol. The molecule has 1 aliphatic rings. The van der Waals surface area contributed by atoms with Gasteiger partial charge < -0.3 is 14.6 Å². The lowest BCUT2D eigenvalue weighted by Crippen LogP contribution is -2.30. The third-order valence-corrected chi connectivity index (χ3v) is 4.87. The molecular formula is C19H24N6O. The van der Waals surface area contributed by atoms with Crippen molar-refractivity contribution < 1.29 is 5.11 Å². The summed E-state index contributed by atoms with van der Waals surface area (Å²) < 4.78 is 2.15. The van der Waals surface area contributed by atoms with Gasteiger partial charge in [0.25, 0.3) is 0 Å². The van der Waals surface area contributed by atoms with Gasteiger partial charge in [0, 0.05) is 37.4 Å². The summed E-state index contributed by atoms with van der Waals surface area (Å²) in [5, 5.41) is 10.2. The summed E-state index contributed by atoms with van der Waals surface area (Å²) in [5.74, 6) is 0.675. The van der Waals surface area contributed by atoms with Crippen LogP contribution < -0.4 is 4.90 Å². The zero-order valence-corrected chi connectivity index (χ0v) is 15.4. The molecule has 0 radical (unpaired) electrons. The Morgan fingerprint density at radius 2 is 2.08 bits per heavy atom. The average molecular weight is 352 g/mol. The lowest BCUT2D eigenvalue weighted by Gasteiger charge is -2.19. The van der Waals surface area contributed by atoms with Crippen LogP contribution in [0.1, 0.15) is 44.6 Å². The van der Waals surface area contributed by atoms with E-state index in [0.29, 0.717) is 25.0 Å². The van der Waals surface area contributed by atoms with Gasteiger partial charge in [-0.2, -0.15) is 0 Å². The summed E-state index contributed by atoms with van der Waals surface area (Å²) in [6.45, 7) is 7.47. The van der Waals surface area contributed by atoms with Crippen LogP contribution in [0.4, 0.5) is 5.95 Å². The molecule has 26 heavy (non-hydrogen) atoms. The van der Waals surface area contributed by atoms with Crippen LogP contribution >= 0.6 is 0 Å². The molecule has 3 aromatic heterocycles. The number of anilines is 1. The molecule has 7 heteroatoms. The highest BCUT2D eigenvalue weighted by molar-refractivity contribution is 5.74. The summed E-state index contributed by atoms with van der Waals surface area (Å²) >= 11 is 0. The van der Waals surface area contributed by atoms with E-state index in [0.717, 1.165) is 35.4 Å². The van der Waals surface area contributed by atoms with Crippen molar-refractivity contribution in [3.63, 3.8) is 0 Å². The molecule has 1 aliphatic heterocycles. The molecule has 3 aromatic rings. The van der Waals surface area contributed by atoms with Gasteiger partial charge in [-0.15, -0.1) is 0 Å². The van der Waals surface area contributed by atoms with E-state index in [4.69, 9.17) is 0 Å². The number of hydrogen-bond donors (Lipinski definition) is 1. The predicted octanol–water partition coefficient (Wildman–Crippen LogP) is 2.35. The van der Waals surface area contributed by atoms with Gasteiger partial charge in [-0.05, 0) is 39.3 Å². The van der Waals surface area contributed by atoms with Crippen LogP contribution in [0.2, 0.25) is 0 Å². The van der Waals surface area contributed by atoms with Gasteiger partial charge in [0.1, 0.15) is 5.52 Å². The van der Waals surface area contributed by atoms with Crippen molar-refractivity contribution in [2.45, 2.75) is 45.3 Å². The number of hydrogen-bond acceptors (Lipinski definition) is 6. The van der Waals surface area contributed by atoms with Crippen molar-refractivity contribution >= 4 is 17.0 Å². The van der Waals surface area contributed by atoms with E-state index in [9.17, 15) is 5.11 Å². The highest BCUT2D eigenvalue weighted by atomic mass is 16.3. The highest BCUT2D eigenvalue weighted by Gasteiger charge is 2.32. The van der Waals surface area contributed by atoms with Crippen LogP contribution in [0.3, 0.4) is 0 Å². The number of rotatable bonds is 4. The summed E-state index contributed by atoms with van der Waals surface area (Å²) in [7, 11) is 0. The fourth-order valence-electron chi connectivity index (χ4n) is 3.42. The number of β-amino-alcohol motifs (C(OH)–C–C–N with tert-alkyl or cyclic N) is 1. The summed E-state index contributed by atoms with van der Waals surface area (Å²) in [6.07, 6.45) is 6.84. The second-order valence-corrected chi connectivity index (χ2v) is 7.60. The van der Waals surface area contributed by atoms with E-state index in [-0.39, 0.29) is 0 Å². The van der Waals surface area contributed by atoms with Crippen LogP contribution in [0, 0.1) is 0 Å². The molecule has 4 heterocycles. The molecule has 136 valence electrons. The molecule has 0 aliphatic carbocycles. The van der Waals surface area contributed by atoms with Crippen molar-refractivity contribution in [2.24, 2.45) is 0 Å². The molecule has 4 rings (SSSR count). The second-order valence-electron chi connectivity index (χ2n) is 7.60. The monoisotopic (exact) mass is 352 g/mol. The Labute approximate surface area is 152 Å². The van der Waals surface area contributed by atoms with E-state index in [2.05, 4.69) is 44.4 Å². The van der Waals surface area contributed by atoms with Crippen LogP contribution in [-0.2, 0) is 6.42 Å². The van der Waals surface area contributed by atoms with Crippen molar-refractivity contribution in [2.75, 3.05) is 18.0 Å². The lowest BCUT2D eigenvalue weighted by atomic mass is 10.1. The Balaban J connectivity index is 1.58. The van der Waals surface area contributed by atoms with E-state index >= 15 is 0 Å². The number of imidazole rings is 1. The molecule has 0 saturated carbocycles. The van der Waals surface area contributed by atoms with Gasteiger partial charge in [-0.1, -0.05) is 0 Å². The first-order chi connectivity index (χ1) is 12.4. The second kappa shape index (κ2) is 6.32. The molecule has 1 N–H and O–H groups in total. The van der Waals surface area contributed by atoms with Crippen molar-refractivity contribution in [1.82, 2.24) is 24.5 Å². The molecule has 0 amide bonds. The molecule has 0 aromatic carbocycles. The van der Waals surface area contributed by atoms with E-state index in [1.54, 1.807) is 6.20 Å². The first-order valence-corrected chi connectivity index (χ1v) is 9.02. The SMILES string of the molecule is CC(C)n1cnc2cnc(Cc3ccnc(N4CCC(C)(O)C4)n3)cc21. The van der Waals surface area contributed by atoms with Gasteiger partial charge in [0.05, 0.1) is 29.3 Å². The quantitative estimate of drug-likeness (QED) is 0.776. The van der Waals surface area contributed by atoms with Gasteiger partial charge in [-0.25, -0.2) is 15.0 Å². The Hall–Kier alpha value is -2.54. The topological polar surface area (TPSA) is 80.0 Å².